The normalized spacial score (nSPS) is 14.7. The predicted octanol–water partition coefficient (Wildman–Crippen LogP) is 0.652. The first-order chi connectivity index (χ1) is 7.11. The van der Waals surface area contributed by atoms with Crippen LogP contribution in [-0.2, 0) is 4.79 Å². The summed E-state index contributed by atoms with van der Waals surface area (Å²) in [5.74, 6) is 0.0494. The zero-order valence-electron chi connectivity index (χ0n) is 10.0. The molecule has 0 bridgehead atoms. The highest BCUT2D eigenvalue weighted by Gasteiger charge is 2.12. The summed E-state index contributed by atoms with van der Waals surface area (Å²) in [5.41, 5.74) is 0. The number of carbonyl (C=O) groups is 1. The highest BCUT2D eigenvalue weighted by atomic mass is 16.2. The first-order valence-electron chi connectivity index (χ1n) is 5.76. The molecule has 2 unspecified atom stereocenters. The number of carbonyl (C=O) groups excluding carboxylic acids is 1. The fourth-order valence-corrected chi connectivity index (χ4v) is 1.12. The van der Waals surface area contributed by atoms with Gasteiger partial charge in [0.15, 0.2) is 0 Å². The van der Waals surface area contributed by atoms with Gasteiger partial charge in [0.1, 0.15) is 0 Å². The van der Waals surface area contributed by atoms with Gasteiger partial charge in [-0.05, 0) is 39.7 Å². The van der Waals surface area contributed by atoms with Crippen LogP contribution in [0.1, 0.15) is 40.0 Å². The van der Waals surface area contributed by atoms with E-state index in [0.29, 0.717) is 0 Å². The summed E-state index contributed by atoms with van der Waals surface area (Å²) >= 11 is 0. The molecule has 3 N–H and O–H groups in total. The standard InChI is InChI=1S/C11H24N2O2/c1-4-9(2)13-11(15)10(3)12-7-5-6-8-14/h9-10,12,14H,4-8H2,1-3H3,(H,13,15). The lowest BCUT2D eigenvalue weighted by Crippen LogP contribution is -2.45. The third kappa shape index (κ3) is 7.33. The van der Waals surface area contributed by atoms with Crippen molar-refractivity contribution in [3.8, 4) is 0 Å². The Morgan fingerprint density at radius 3 is 2.53 bits per heavy atom. The maximum atomic E-state index is 11.6. The molecule has 0 saturated carbocycles. The second-order valence-electron chi connectivity index (χ2n) is 3.92. The maximum absolute atomic E-state index is 11.6. The van der Waals surface area contributed by atoms with Gasteiger partial charge >= 0.3 is 0 Å². The smallest absolute Gasteiger partial charge is 0.237 e. The van der Waals surface area contributed by atoms with Gasteiger partial charge in [-0.1, -0.05) is 6.92 Å². The molecule has 2 atom stereocenters. The van der Waals surface area contributed by atoms with E-state index >= 15 is 0 Å². The molecule has 0 aromatic carbocycles. The maximum Gasteiger partial charge on any atom is 0.237 e. The molecule has 0 aromatic rings. The summed E-state index contributed by atoms with van der Waals surface area (Å²) in [7, 11) is 0. The Morgan fingerprint density at radius 1 is 1.33 bits per heavy atom. The van der Waals surface area contributed by atoms with E-state index in [0.717, 1.165) is 25.8 Å². The van der Waals surface area contributed by atoms with Gasteiger partial charge in [0.2, 0.25) is 5.91 Å². The minimum absolute atomic E-state index is 0.0494. The van der Waals surface area contributed by atoms with E-state index in [1.54, 1.807) is 0 Å². The second-order valence-corrected chi connectivity index (χ2v) is 3.92. The third-order valence-electron chi connectivity index (χ3n) is 2.43. The molecule has 0 aliphatic rings. The van der Waals surface area contributed by atoms with Gasteiger partial charge in [-0.25, -0.2) is 0 Å². The van der Waals surface area contributed by atoms with E-state index in [1.807, 2.05) is 20.8 Å². The molecule has 1 amide bonds. The van der Waals surface area contributed by atoms with Crippen LogP contribution in [0.4, 0.5) is 0 Å². The molecule has 0 rings (SSSR count). The van der Waals surface area contributed by atoms with Gasteiger partial charge in [0.25, 0.3) is 0 Å². The molecular formula is C11H24N2O2. The van der Waals surface area contributed by atoms with E-state index in [9.17, 15) is 4.79 Å². The molecule has 0 heterocycles. The van der Waals surface area contributed by atoms with Crippen LogP contribution in [0.3, 0.4) is 0 Å². The summed E-state index contributed by atoms with van der Waals surface area (Å²) in [6, 6.07) is 0.0804. The van der Waals surface area contributed by atoms with Gasteiger partial charge in [-0.15, -0.1) is 0 Å². The van der Waals surface area contributed by atoms with Crippen molar-refractivity contribution in [2.75, 3.05) is 13.2 Å². The topological polar surface area (TPSA) is 61.4 Å². The lowest BCUT2D eigenvalue weighted by Gasteiger charge is -2.17. The van der Waals surface area contributed by atoms with Crippen molar-refractivity contribution in [3.05, 3.63) is 0 Å². The molecule has 0 aromatic heterocycles. The molecular weight excluding hydrogens is 192 g/mol. The monoisotopic (exact) mass is 216 g/mol. The number of rotatable bonds is 8. The number of unbranched alkanes of at least 4 members (excludes halogenated alkanes) is 1. The van der Waals surface area contributed by atoms with Crippen LogP contribution < -0.4 is 10.6 Å². The molecule has 0 spiro atoms. The summed E-state index contributed by atoms with van der Waals surface area (Å²) in [5, 5.41) is 14.6. The number of aliphatic hydroxyl groups is 1. The zero-order valence-corrected chi connectivity index (χ0v) is 10.0. The Morgan fingerprint density at radius 2 is 2.00 bits per heavy atom. The number of amides is 1. The Kier molecular flexibility index (Phi) is 8.33. The van der Waals surface area contributed by atoms with Crippen molar-refractivity contribution in [1.82, 2.24) is 10.6 Å². The summed E-state index contributed by atoms with van der Waals surface area (Å²) in [6.07, 6.45) is 2.63. The summed E-state index contributed by atoms with van der Waals surface area (Å²) in [6.45, 7) is 6.89. The predicted molar refractivity (Wildman–Crippen MR) is 61.7 cm³/mol. The highest BCUT2D eigenvalue weighted by molar-refractivity contribution is 5.81. The molecule has 15 heavy (non-hydrogen) atoms. The summed E-state index contributed by atoms with van der Waals surface area (Å²) < 4.78 is 0. The van der Waals surface area contributed by atoms with Crippen molar-refractivity contribution in [1.29, 1.82) is 0 Å². The zero-order chi connectivity index (χ0) is 11.7. The quantitative estimate of drug-likeness (QED) is 0.522. The SMILES string of the molecule is CCC(C)NC(=O)C(C)NCCCCO. The molecule has 0 aliphatic carbocycles. The van der Waals surface area contributed by atoms with Crippen LogP contribution >= 0.6 is 0 Å². The molecule has 0 aliphatic heterocycles. The van der Waals surface area contributed by atoms with Gasteiger partial charge in [-0.3, -0.25) is 4.79 Å². The van der Waals surface area contributed by atoms with Crippen molar-refractivity contribution in [2.24, 2.45) is 0 Å². The van der Waals surface area contributed by atoms with Crippen LogP contribution in [0.25, 0.3) is 0 Å². The van der Waals surface area contributed by atoms with E-state index in [-0.39, 0.29) is 24.6 Å². The number of hydrogen-bond acceptors (Lipinski definition) is 3. The first-order valence-corrected chi connectivity index (χ1v) is 5.76. The fourth-order valence-electron chi connectivity index (χ4n) is 1.12. The molecule has 90 valence electrons. The van der Waals surface area contributed by atoms with E-state index in [4.69, 9.17) is 5.11 Å². The number of nitrogens with one attached hydrogen (secondary N) is 2. The summed E-state index contributed by atoms with van der Waals surface area (Å²) in [4.78, 5) is 11.6. The lowest BCUT2D eigenvalue weighted by molar-refractivity contribution is -0.123. The van der Waals surface area contributed by atoms with Crippen molar-refractivity contribution in [2.45, 2.75) is 52.1 Å². The van der Waals surface area contributed by atoms with Crippen LogP contribution in [0.15, 0.2) is 0 Å². The van der Waals surface area contributed by atoms with Crippen molar-refractivity contribution in [3.63, 3.8) is 0 Å². The Balaban J connectivity index is 3.60. The average Bonchev–Trinajstić information content (AvgIpc) is 2.23. The van der Waals surface area contributed by atoms with Crippen LogP contribution in [0.5, 0.6) is 0 Å². The number of aliphatic hydroxyl groups excluding tert-OH is 1. The molecule has 0 saturated heterocycles. The van der Waals surface area contributed by atoms with Crippen LogP contribution in [0, 0.1) is 0 Å². The molecule has 4 nitrogen and oxygen atoms in total. The van der Waals surface area contributed by atoms with Gasteiger partial charge < -0.3 is 15.7 Å². The first kappa shape index (κ1) is 14.4. The molecule has 0 fully saturated rings. The Hall–Kier alpha value is -0.610. The Labute approximate surface area is 92.4 Å². The van der Waals surface area contributed by atoms with Gasteiger partial charge in [-0.2, -0.15) is 0 Å². The number of hydrogen-bond donors (Lipinski definition) is 3. The largest absolute Gasteiger partial charge is 0.396 e. The fraction of sp³-hybridized carbons (Fsp3) is 0.909. The highest BCUT2D eigenvalue weighted by Crippen LogP contribution is 1.91. The lowest BCUT2D eigenvalue weighted by atomic mass is 10.2. The minimum Gasteiger partial charge on any atom is -0.396 e. The average molecular weight is 216 g/mol. The molecule has 0 radical (unpaired) electrons. The van der Waals surface area contributed by atoms with Gasteiger partial charge in [0.05, 0.1) is 6.04 Å². The van der Waals surface area contributed by atoms with Crippen molar-refractivity contribution < 1.29 is 9.90 Å². The Bertz CT molecular complexity index is 174. The third-order valence-corrected chi connectivity index (χ3v) is 2.43. The van der Waals surface area contributed by atoms with Crippen LogP contribution in [-0.4, -0.2) is 36.2 Å². The minimum atomic E-state index is -0.155. The van der Waals surface area contributed by atoms with Crippen LogP contribution in [0.2, 0.25) is 0 Å². The molecule has 4 heteroatoms. The van der Waals surface area contributed by atoms with E-state index < -0.39 is 0 Å². The second kappa shape index (κ2) is 8.68. The van der Waals surface area contributed by atoms with Gasteiger partial charge in [0, 0.05) is 12.6 Å². The van der Waals surface area contributed by atoms with E-state index in [2.05, 4.69) is 10.6 Å². The van der Waals surface area contributed by atoms with Crippen molar-refractivity contribution >= 4 is 5.91 Å². The van der Waals surface area contributed by atoms with E-state index in [1.165, 1.54) is 0 Å².